The monoisotopic (exact) mass is 447 g/mol. The van der Waals surface area contributed by atoms with Gasteiger partial charge in [-0.25, -0.2) is 4.39 Å². The summed E-state index contributed by atoms with van der Waals surface area (Å²) in [4.78, 5) is 4.58. The molecule has 1 heterocycles. The van der Waals surface area contributed by atoms with Gasteiger partial charge in [0.15, 0.2) is 5.96 Å². The number of halogens is 2. The van der Waals surface area contributed by atoms with E-state index < -0.39 is 0 Å². The first-order valence-electron chi connectivity index (χ1n) is 8.56. The molecule has 24 heavy (non-hydrogen) atoms. The summed E-state index contributed by atoms with van der Waals surface area (Å²) >= 11 is 0. The third-order valence-electron chi connectivity index (χ3n) is 5.26. The highest BCUT2D eigenvalue weighted by molar-refractivity contribution is 14.0. The van der Waals surface area contributed by atoms with Crippen LogP contribution in [0.15, 0.2) is 29.3 Å². The van der Waals surface area contributed by atoms with Crippen LogP contribution in [0.5, 0.6) is 0 Å². The second kappa shape index (κ2) is 8.99. The molecule has 0 unspecified atom stereocenters. The minimum atomic E-state index is -0.207. The van der Waals surface area contributed by atoms with Crippen molar-refractivity contribution >= 4 is 29.9 Å². The Morgan fingerprint density at radius 1 is 1.25 bits per heavy atom. The van der Waals surface area contributed by atoms with E-state index in [0.29, 0.717) is 25.7 Å². The topological polar surface area (TPSA) is 59.6 Å². The number of nitrogens with two attached hydrogens (primary N) is 1. The molecule has 1 aromatic carbocycles. The van der Waals surface area contributed by atoms with Gasteiger partial charge in [0.2, 0.25) is 0 Å². The molecule has 1 aliphatic heterocycles. The smallest absolute Gasteiger partial charge is 0.188 e. The minimum absolute atomic E-state index is 0. The van der Waals surface area contributed by atoms with Crippen LogP contribution in [0.1, 0.15) is 37.7 Å². The highest BCUT2D eigenvalue weighted by Gasteiger charge is 2.34. The van der Waals surface area contributed by atoms with E-state index in [1.54, 1.807) is 0 Å². The predicted molar refractivity (Wildman–Crippen MR) is 105 cm³/mol. The predicted octanol–water partition coefficient (Wildman–Crippen LogP) is 3.20. The molecule has 1 saturated carbocycles. The normalized spacial score (nSPS) is 20.8. The standard InChI is InChI=1S/C18H26FN3O.HI/c19-16-6-4-15(5-7-16)18(8-10-23-11-9-18)13-22-17(20)21-12-14-2-1-3-14;/h4-7,14H,1-3,8-13H2,(H3,20,21,22);1H. The third kappa shape index (κ3) is 4.81. The van der Waals surface area contributed by atoms with Crippen LogP contribution in [0, 0.1) is 11.7 Å². The number of benzene rings is 1. The maximum atomic E-state index is 13.2. The summed E-state index contributed by atoms with van der Waals surface area (Å²) in [5.41, 5.74) is 7.05. The molecule has 6 heteroatoms. The second-order valence-electron chi connectivity index (χ2n) is 6.78. The highest BCUT2D eigenvalue weighted by Crippen LogP contribution is 2.35. The summed E-state index contributed by atoms with van der Waals surface area (Å²) in [6, 6.07) is 6.78. The Kier molecular flexibility index (Phi) is 7.28. The summed E-state index contributed by atoms with van der Waals surface area (Å²) in [5.74, 6) is 1.06. The lowest BCUT2D eigenvalue weighted by Gasteiger charge is -2.36. The number of hydrogen-bond donors (Lipinski definition) is 2. The Labute approximate surface area is 160 Å². The fourth-order valence-corrected chi connectivity index (χ4v) is 3.34. The molecule has 1 saturated heterocycles. The number of nitrogens with one attached hydrogen (secondary N) is 1. The molecule has 134 valence electrons. The second-order valence-corrected chi connectivity index (χ2v) is 6.78. The van der Waals surface area contributed by atoms with Gasteiger partial charge in [0, 0.05) is 25.2 Å². The molecule has 0 atom stereocenters. The van der Waals surface area contributed by atoms with Crippen LogP contribution in [0.25, 0.3) is 0 Å². The molecule has 3 rings (SSSR count). The van der Waals surface area contributed by atoms with E-state index in [9.17, 15) is 4.39 Å². The molecule has 4 nitrogen and oxygen atoms in total. The first kappa shape index (κ1) is 19.4. The highest BCUT2D eigenvalue weighted by atomic mass is 127. The Balaban J connectivity index is 0.00000208. The Morgan fingerprint density at radius 2 is 1.92 bits per heavy atom. The Hall–Kier alpha value is -0.890. The first-order valence-corrected chi connectivity index (χ1v) is 8.56. The van der Waals surface area contributed by atoms with Crippen LogP contribution in [-0.4, -0.2) is 32.3 Å². The molecule has 1 aliphatic carbocycles. The third-order valence-corrected chi connectivity index (χ3v) is 5.26. The van der Waals surface area contributed by atoms with E-state index in [2.05, 4.69) is 10.3 Å². The zero-order valence-corrected chi connectivity index (χ0v) is 16.3. The maximum absolute atomic E-state index is 13.2. The number of ether oxygens (including phenoxy) is 1. The van der Waals surface area contributed by atoms with Crippen LogP contribution < -0.4 is 11.1 Å². The van der Waals surface area contributed by atoms with Crippen LogP contribution in [0.2, 0.25) is 0 Å². The molecule has 2 aliphatic rings. The maximum Gasteiger partial charge on any atom is 0.188 e. The summed E-state index contributed by atoms with van der Waals surface area (Å²) in [6.45, 7) is 2.96. The van der Waals surface area contributed by atoms with Gasteiger partial charge in [-0.3, -0.25) is 4.99 Å². The van der Waals surface area contributed by atoms with Gasteiger partial charge in [-0.1, -0.05) is 18.6 Å². The number of guanidine groups is 1. The van der Waals surface area contributed by atoms with E-state index in [0.717, 1.165) is 30.9 Å². The van der Waals surface area contributed by atoms with Crippen molar-refractivity contribution in [3.8, 4) is 0 Å². The van der Waals surface area contributed by atoms with Crippen molar-refractivity contribution in [1.82, 2.24) is 5.32 Å². The van der Waals surface area contributed by atoms with Gasteiger partial charge < -0.3 is 15.8 Å². The van der Waals surface area contributed by atoms with Crippen molar-refractivity contribution in [2.45, 2.75) is 37.5 Å². The van der Waals surface area contributed by atoms with Crippen molar-refractivity contribution in [1.29, 1.82) is 0 Å². The van der Waals surface area contributed by atoms with Gasteiger partial charge in [-0.05, 0) is 49.3 Å². The van der Waals surface area contributed by atoms with Crippen LogP contribution >= 0.6 is 24.0 Å². The Bertz CT molecular complexity index is 540. The molecule has 0 spiro atoms. The number of rotatable bonds is 5. The zero-order valence-electron chi connectivity index (χ0n) is 14.0. The fourth-order valence-electron chi connectivity index (χ4n) is 3.34. The molecule has 2 fully saturated rings. The van der Waals surface area contributed by atoms with Crippen molar-refractivity contribution in [2.24, 2.45) is 16.6 Å². The van der Waals surface area contributed by atoms with Crippen molar-refractivity contribution in [3.63, 3.8) is 0 Å². The van der Waals surface area contributed by atoms with Gasteiger partial charge in [0.25, 0.3) is 0 Å². The molecule has 1 aromatic rings. The molecular weight excluding hydrogens is 420 g/mol. The minimum Gasteiger partial charge on any atom is -0.381 e. The zero-order chi connectivity index (χ0) is 16.1. The average Bonchev–Trinajstić information content (AvgIpc) is 2.53. The van der Waals surface area contributed by atoms with Gasteiger partial charge in [-0.2, -0.15) is 0 Å². The van der Waals surface area contributed by atoms with Gasteiger partial charge in [-0.15, -0.1) is 24.0 Å². The van der Waals surface area contributed by atoms with Crippen LogP contribution in [-0.2, 0) is 10.2 Å². The summed E-state index contributed by atoms with van der Waals surface area (Å²) < 4.78 is 18.7. The summed E-state index contributed by atoms with van der Waals surface area (Å²) in [5, 5.41) is 3.24. The van der Waals surface area contributed by atoms with Gasteiger partial charge >= 0.3 is 0 Å². The summed E-state index contributed by atoms with van der Waals surface area (Å²) in [7, 11) is 0. The van der Waals surface area contributed by atoms with Gasteiger partial charge in [0.05, 0.1) is 6.54 Å². The lowest BCUT2D eigenvalue weighted by molar-refractivity contribution is 0.0531. The molecule has 0 aromatic heterocycles. The Morgan fingerprint density at radius 3 is 2.50 bits per heavy atom. The van der Waals surface area contributed by atoms with Crippen LogP contribution in [0.3, 0.4) is 0 Å². The molecular formula is C18H27FIN3O. The SMILES string of the molecule is I.NC(=NCC1(c2ccc(F)cc2)CCOCC1)NCC1CCC1. The fraction of sp³-hybridized carbons (Fsp3) is 0.611. The molecule has 3 N–H and O–H groups in total. The van der Waals surface area contributed by atoms with E-state index in [1.807, 2.05) is 12.1 Å². The average molecular weight is 447 g/mol. The van der Waals surface area contributed by atoms with E-state index >= 15 is 0 Å². The molecule has 0 radical (unpaired) electrons. The lowest BCUT2D eigenvalue weighted by atomic mass is 9.74. The van der Waals surface area contributed by atoms with E-state index in [1.165, 1.54) is 31.4 Å². The van der Waals surface area contributed by atoms with Crippen molar-refractivity contribution < 1.29 is 9.13 Å². The first-order chi connectivity index (χ1) is 11.2. The summed E-state index contributed by atoms with van der Waals surface area (Å²) in [6.07, 6.45) is 5.68. The molecule has 0 bridgehead atoms. The largest absolute Gasteiger partial charge is 0.381 e. The van der Waals surface area contributed by atoms with E-state index in [4.69, 9.17) is 10.5 Å². The van der Waals surface area contributed by atoms with Crippen LogP contribution in [0.4, 0.5) is 4.39 Å². The van der Waals surface area contributed by atoms with Crippen molar-refractivity contribution in [3.05, 3.63) is 35.6 Å². The number of hydrogen-bond acceptors (Lipinski definition) is 2. The lowest BCUT2D eigenvalue weighted by Crippen LogP contribution is -2.40. The number of nitrogens with zero attached hydrogens (tertiary/aromatic N) is 1. The molecule has 0 amide bonds. The quantitative estimate of drug-likeness (QED) is 0.414. The van der Waals surface area contributed by atoms with Crippen molar-refractivity contribution in [2.75, 3.05) is 26.3 Å². The van der Waals surface area contributed by atoms with Gasteiger partial charge in [0.1, 0.15) is 5.82 Å². The number of aliphatic imine (C=N–C) groups is 1. The van der Waals surface area contributed by atoms with E-state index in [-0.39, 0.29) is 35.2 Å².